The number of fused-ring (bicyclic) bond motifs is 1. The predicted molar refractivity (Wildman–Crippen MR) is 109 cm³/mol. The lowest BCUT2D eigenvalue weighted by Crippen LogP contribution is -2.35. The van der Waals surface area contributed by atoms with Crippen LogP contribution in [0.5, 0.6) is 0 Å². The van der Waals surface area contributed by atoms with E-state index < -0.39 is 0 Å². The van der Waals surface area contributed by atoms with E-state index >= 15 is 0 Å². The summed E-state index contributed by atoms with van der Waals surface area (Å²) >= 11 is 0. The minimum atomic E-state index is -0.0379. The maximum Gasteiger partial charge on any atom is 0.251 e. The van der Waals surface area contributed by atoms with E-state index in [9.17, 15) is 4.79 Å². The van der Waals surface area contributed by atoms with Crippen LogP contribution in [0.2, 0.25) is 0 Å². The van der Waals surface area contributed by atoms with Crippen LogP contribution in [-0.4, -0.2) is 26.7 Å². The molecular weight excluding hydrogens is 368 g/mol. The van der Waals surface area contributed by atoms with Gasteiger partial charge in [-0.15, -0.1) is 10.2 Å². The van der Waals surface area contributed by atoms with Crippen LogP contribution >= 0.6 is 0 Å². The van der Waals surface area contributed by atoms with Crippen LogP contribution in [0, 0.1) is 13.8 Å². The van der Waals surface area contributed by atoms with Crippen molar-refractivity contribution in [1.82, 2.24) is 20.1 Å². The van der Waals surface area contributed by atoms with Gasteiger partial charge in [0.1, 0.15) is 11.5 Å². The quantitative estimate of drug-likeness (QED) is 0.513. The maximum atomic E-state index is 12.3. The smallest absolute Gasteiger partial charge is 0.251 e. The minimum absolute atomic E-state index is 0.00751. The largest absolute Gasteiger partial charge is 0.466 e. The summed E-state index contributed by atoms with van der Waals surface area (Å²) in [6.07, 6.45) is 2.74. The lowest BCUT2D eigenvalue weighted by molar-refractivity contribution is -0.121. The molecule has 1 atom stereocenters. The van der Waals surface area contributed by atoms with E-state index in [-0.39, 0.29) is 11.9 Å². The third-order valence-corrected chi connectivity index (χ3v) is 4.86. The van der Waals surface area contributed by atoms with Crippen LogP contribution in [0.1, 0.15) is 30.8 Å². The highest BCUT2D eigenvalue weighted by molar-refractivity contribution is 5.80. The summed E-state index contributed by atoms with van der Waals surface area (Å²) in [6, 6.07) is 12.2. The second-order valence-electron chi connectivity index (χ2n) is 7.32. The molecule has 0 spiro atoms. The Hall–Kier alpha value is -3.35. The molecule has 0 aliphatic heterocycles. The number of furan rings is 1. The molecule has 0 radical (unpaired) electrons. The molecule has 7 nitrogen and oxygen atoms in total. The zero-order chi connectivity index (χ0) is 20.4. The first-order valence-electron chi connectivity index (χ1n) is 9.72. The second-order valence-corrected chi connectivity index (χ2v) is 7.32. The van der Waals surface area contributed by atoms with Crippen LogP contribution in [0.15, 0.2) is 51.4 Å². The summed E-state index contributed by atoms with van der Waals surface area (Å²) in [5, 5.41) is 12.3. The number of hydrogen-bond donors (Lipinski definition) is 1. The van der Waals surface area contributed by atoms with E-state index in [1.807, 2.05) is 45.2 Å². The van der Waals surface area contributed by atoms with Crippen LogP contribution in [-0.2, 0) is 17.8 Å². The number of amides is 1. The summed E-state index contributed by atoms with van der Waals surface area (Å²) in [5.74, 6) is 2.35. The zero-order valence-electron chi connectivity index (χ0n) is 16.8. The van der Waals surface area contributed by atoms with Crippen molar-refractivity contribution in [2.24, 2.45) is 0 Å². The summed E-state index contributed by atoms with van der Waals surface area (Å²) in [4.78, 5) is 12.3. The average molecular weight is 392 g/mol. The molecule has 0 saturated carbocycles. The van der Waals surface area contributed by atoms with Gasteiger partial charge in [-0.25, -0.2) is 0 Å². The van der Waals surface area contributed by atoms with Gasteiger partial charge < -0.3 is 18.7 Å². The standard InChI is InChI=1S/C22H24N4O3/c1-14(13-26-11-10-17-6-4-5-7-19(17)26)23-20(27)8-9-21-24-25-22(29-21)18-12-15(2)28-16(18)3/h4-7,10-12,14H,8-9,13H2,1-3H3,(H,23,27). The van der Waals surface area contributed by atoms with Gasteiger partial charge in [-0.1, -0.05) is 18.2 Å². The molecule has 7 heteroatoms. The molecule has 29 heavy (non-hydrogen) atoms. The lowest BCUT2D eigenvalue weighted by Gasteiger charge is -2.15. The number of carbonyl (C=O) groups is 1. The van der Waals surface area contributed by atoms with E-state index in [0.29, 0.717) is 31.2 Å². The summed E-state index contributed by atoms with van der Waals surface area (Å²) in [6.45, 7) is 6.44. The topological polar surface area (TPSA) is 86.1 Å². The Morgan fingerprint density at radius 1 is 1.17 bits per heavy atom. The number of nitrogens with zero attached hydrogens (tertiary/aromatic N) is 3. The van der Waals surface area contributed by atoms with Crippen molar-refractivity contribution in [3.63, 3.8) is 0 Å². The van der Waals surface area contributed by atoms with Gasteiger partial charge in [-0.05, 0) is 44.4 Å². The number of benzene rings is 1. The van der Waals surface area contributed by atoms with Crippen molar-refractivity contribution < 1.29 is 13.6 Å². The molecule has 0 aliphatic carbocycles. The fraction of sp³-hybridized carbons (Fsp3) is 0.318. The second kappa shape index (κ2) is 7.95. The van der Waals surface area contributed by atoms with Gasteiger partial charge in [-0.2, -0.15) is 0 Å². The lowest BCUT2D eigenvalue weighted by atomic mass is 10.2. The van der Waals surface area contributed by atoms with Gasteiger partial charge in [0.25, 0.3) is 5.89 Å². The van der Waals surface area contributed by atoms with E-state index in [1.54, 1.807) is 0 Å². The molecule has 150 valence electrons. The molecule has 0 bridgehead atoms. The number of nitrogens with one attached hydrogen (secondary N) is 1. The molecule has 0 fully saturated rings. The number of aromatic nitrogens is 3. The average Bonchev–Trinajstić information content (AvgIpc) is 3.39. The van der Waals surface area contributed by atoms with Crippen molar-refractivity contribution in [3.8, 4) is 11.5 Å². The van der Waals surface area contributed by atoms with E-state index in [4.69, 9.17) is 8.83 Å². The third-order valence-electron chi connectivity index (χ3n) is 4.86. The molecule has 1 N–H and O–H groups in total. The van der Waals surface area contributed by atoms with Gasteiger partial charge in [-0.3, -0.25) is 4.79 Å². The zero-order valence-corrected chi connectivity index (χ0v) is 16.8. The molecule has 0 aliphatic rings. The van der Waals surface area contributed by atoms with E-state index in [1.165, 1.54) is 5.39 Å². The summed E-state index contributed by atoms with van der Waals surface area (Å²) < 4.78 is 13.3. The fourth-order valence-electron chi connectivity index (χ4n) is 3.51. The first kappa shape index (κ1) is 19.0. The molecule has 3 heterocycles. The number of hydrogen-bond acceptors (Lipinski definition) is 5. The monoisotopic (exact) mass is 392 g/mol. The summed E-state index contributed by atoms with van der Waals surface area (Å²) in [5.41, 5.74) is 1.95. The van der Waals surface area contributed by atoms with Crippen LogP contribution in [0.4, 0.5) is 0 Å². The highest BCUT2D eigenvalue weighted by atomic mass is 16.4. The Bertz CT molecular complexity index is 1140. The Balaban J connectivity index is 1.30. The van der Waals surface area contributed by atoms with Gasteiger partial charge in [0, 0.05) is 37.1 Å². The molecule has 0 saturated heterocycles. The molecule has 1 unspecified atom stereocenters. The normalized spacial score (nSPS) is 12.4. The van der Waals surface area contributed by atoms with Crippen LogP contribution < -0.4 is 5.32 Å². The number of rotatable bonds is 7. The van der Waals surface area contributed by atoms with Crippen LogP contribution in [0.25, 0.3) is 22.4 Å². The third kappa shape index (κ3) is 4.23. The van der Waals surface area contributed by atoms with Crippen molar-refractivity contribution in [1.29, 1.82) is 0 Å². The Morgan fingerprint density at radius 3 is 2.79 bits per heavy atom. The molecular formula is C22H24N4O3. The van der Waals surface area contributed by atoms with Gasteiger partial charge in [0.05, 0.1) is 5.56 Å². The Morgan fingerprint density at radius 2 is 2.00 bits per heavy atom. The molecule has 4 aromatic rings. The SMILES string of the molecule is Cc1cc(-c2nnc(CCC(=O)NC(C)Cn3ccc4ccccc43)o2)c(C)o1. The Labute approximate surface area is 168 Å². The van der Waals surface area contributed by atoms with Crippen molar-refractivity contribution in [3.05, 3.63) is 60.0 Å². The molecule has 3 aromatic heterocycles. The minimum Gasteiger partial charge on any atom is -0.466 e. The maximum absolute atomic E-state index is 12.3. The first-order chi connectivity index (χ1) is 14.0. The van der Waals surface area contributed by atoms with Gasteiger partial charge >= 0.3 is 0 Å². The van der Waals surface area contributed by atoms with Crippen molar-refractivity contribution in [2.75, 3.05) is 0 Å². The summed E-state index contributed by atoms with van der Waals surface area (Å²) in [7, 11) is 0. The predicted octanol–water partition coefficient (Wildman–Crippen LogP) is 4.04. The van der Waals surface area contributed by atoms with Crippen LogP contribution in [0.3, 0.4) is 0 Å². The Kier molecular flexibility index (Phi) is 5.20. The first-order valence-corrected chi connectivity index (χ1v) is 9.72. The molecule has 1 amide bonds. The number of carbonyl (C=O) groups excluding carboxylic acids is 1. The molecule has 1 aromatic carbocycles. The molecule has 4 rings (SSSR count). The number of para-hydroxylation sites is 1. The van der Waals surface area contributed by atoms with Gasteiger partial charge in [0.15, 0.2) is 0 Å². The highest BCUT2D eigenvalue weighted by Crippen LogP contribution is 2.25. The van der Waals surface area contributed by atoms with E-state index in [2.05, 4.69) is 38.3 Å². The van der Waals surface area contributed by atoms with Crippen molar-refractivity contribution >= 4 is 16.8 Å². The number of aryl methyl sites for hydroxylation is 3. The van der Waals surface area contributed by atoms with E-state index in [0.717, 1.165) is 22.6 Å². The fourth-order valence-corrected chi connectivity index (χ4v) is 3.51. The highest BCUT2D eigenvalue weighted by Gasteiger charge is 2.16. The van der Waals surface area contributed by atoms with Gasteiger partial charge in [0.2, 0.25) is 11.8 Å². The van der Waals surface area contributed by atoms with Crippen molar-refractivity contribution in [2.45, 2.75) is 46.2 Å².